The summed E-state index contributed by atoms with van der Waals surface area (Å²) >= 11 is 2.89. The van der Waals surface area contributed by atoms with Gasteiger partial charge in [0.25, 0.3) is 5.91 Å². The van der Waals surface area contributed by atoms with Crippen LogP contribution < -0.4 is 10.6 Å². The van der Waals surface area contributed by atoms with Crippen LogP contribution in [0.1, 0.15) is 20.8 Å². The molecule has 2 heterocycles. The molecule has 2 amide bonds. The highest BCUT2D eigenvalue weighted by atomic mass is 32.2. The fraction of sp³-hybridized carbons (Fsp3) is 0.125. The van der Waals surface area contributed by atoms with Gasteiger partial charge in [-0.15, -0.1) is 11.3 Å². The normalized spacial score (nSPS) is 10.7. The Hall–Kier alpha value is -3.43. The van der Waals surface area contributed by atoms with Gasteiger partial charge < -0.3 is 10.6 Å². The smallest absolute Gasteiger partial charge is 0.251 e. The molecule has 0 aliphatic rings. The zero-order valence-corrected chi connectivity index (χ0v) is 19.2. The summed E-state index contributed by atoms with van der Waals surface area (Å²) in [5.41, 5.74) is 2.15. The standard InChI is InChI=1S/C24H21FN4O2S2/c25-19-8-6-17(7-9-19)14-27-22(30)16-33-24-26-10-11-29(24)20-4-1-3-18(13-20)23(31)28-15-21-5-2-12-32-21/h1-13H,14-16H2,(H,27,30)(H,28,31). The average molecular weight is 481 g/mol. The molecule has 4 rings (SSSR count). The second kappa shape index (κ2) is 10.9. The molecule has 0 bridgehead atoms. The Morgan fingerprint density at radius 2 is 1.88 bits per heavy atom. The molecular formula is C24H21FN4O2S2. The van der Waals surface area contributed by atoms with E-state index in [1.165, 1.54) is 23.9 Å². The minimum atomic E-state index is -0.309. The lowest BCUT2D eigenvalue weighted by Crippen LogP contribution is -2.24. The minimum absolute atomic E-state index is 0.152. The van der Waals surface area contributed by atoms with E-state index in [1.807, 2.05) is 34.2 Å². The number of halogens is 1. The molecule has 4 aromatic rings. The van der Waals surface area contributed by atoms with Gasteiger partial charge in [0.05, 0.1) is 12.3 Å². The second-order valence-electron chi connectivity index (χ2n) is 7.08. The summed E-state index contributed by atoms with van der Waals surface area (Å²) in [5.74, 6) is -0.434. The first-order valence-electron chi connectivity index (χ1n) is 10.2. The summed E-state index contributed by atoms with van der Waals surface area (Å²) in [6.45, 7) is 0.816. The topological polar surface area (TPSA) is 76.0 Å². The number of hydrogen-bond donors (Lipinski definition) is 2. The first-order valence-corrected chi connectivity index (χ1v) is 12.0. The molecule has 9 heteroatoms. The molecular weight excluding hydrogens is 459 g/mol. The Balaban J connectivity index is 1.34. The lowest BCUT2D eigenvalue weighted by Gasteiger charge is -2.10. The number of nitrogens with one attached hydrogen (secondary N) is 2. The molecule has 0 aliphatic carbocycles. The van der Waals surface area contributed by atoms with Crippen LogP contribution in [0.2, 0.25) is 0 Å². The van der Waals surface area contributed by atoms with Crippen molar-refractivity contribution < 1.29 is 14.0 Å². The largest absolute Gasteiger partial charge is 0.351 e. The molecule has 0 saturated heterocycles. The quantitative estimate of drug-likeness (QED) is 0.348. The Morgan fingerprint density at radius 1 is 1.03 bits per heavy atom. The van der Waals surface area contributed by atoms with E-state index in [9.17, 15) is 14.0 Å². The molecule has 0 fully saturated rings. The number of rotatable bonds is 9. The van der Waals surface area contributed by atoms with Crippen molar-refractivity contribution in [2.24, 2.45) is 0 Å². The van der Waals surface area contributed by atoms with E-state index < -0.39 is 0 Å². The summed E-state index contributed by atoms with van der Waals surface area (Å²) in [5, 5.41) is 8.36. The molecule has 0 atom stereocenters. The van der Waals surface area contributed by atoms with Crippen LogP contribution >= 0.6 is 23.1 Å². The predicted octanol–water partition coefficient (Wildman–Crippen LogP) is 4.41. The van der Waals surface area contributed by atoms with Crippen molar-refractivity contribution in [3.8, 4) is 5.69 Å². The number of hydrogen-bond acceptors (Lipinski definition) is 5. The summed E-state index contributed by atoms with van der Waals surface area (Å²) in [7, 11) is 0. The van der Waals surface area contributed by atoms with Gasteiger partial charge in [-0.3, -0.25) is 14.2 Å². The second-order valence-corrected chi connectivity index (χ2v) is 9.06. The van der Waals surface area contributed by atoms with Gasteiger partial charge in [0.2, 0.25) is 5.91 Å². The van der Waals surface area contributed by atoms with Crippen molar-refractivity contribution in [2.45, 2.75) is 18.2 Å². The molecule has 0 saturated carbocycles. The minimum Gasteiger partial charge on any atom is -0.351 e. The van der Waals surface area contributed by atoms with Gasteiger partial charge in [0, 0.05) is 35.1 Å². The van der Waals surface area contributed by atoms with Crippen LogP contribution in [0.3, 0.4) is 0 Å². The molecule has 0 radical (unpaired) electrons. The Labute approximate surface area is 198 Å². The zero-order valence-electron chi connectivity index (χ0n) is 17.5. The Morgan fingerprint density at radius 3 is 2.67 bits per heavy atom. The van der Waals surface area contributed by atoms with Crippen LogP contribution in [0.25, 0.3) is 5.69 Å². The number of aromatic nitrogens is 2. The fourth-order valence-electron chi connectivity index (χ4n) is 3.06. The molecule has 2 aromatic carbocycles. The fourth-order valence-corrected chi connectivity index (χ4v) is 4.50. The summed E-state index contributed by atoms with van der Waals surface area (Å²) in [4.78, 5) is 30.2. The van der Waals surface area contributed by atoms with Crippen LogP contribution in [-0.4, -0.2) is 27.1 Å². The van der Waals surface area contributed by atoms with E-state index in [1.54, 1.807) is 48.0 Å². The monoisotopic (exact) mass is 480 g/mol. The van der Waals surface area contributed by atoms with Crippen molar-refractivity contribution in [3.05, 3.63) is 100 Å². The highest BCUT2D eigenvalue weighted by Gasteiger charge is 2.12. The van der Waals surface area contributed by atoms with Crippen molar-refractivity contribution in [1.82, 2.24) is 20.2 Å². The van der Waals surface area contributed by atoms with Gasteiger partial charge in [-0.1, -0.05) is 36.0 Å². The molecule has 2 aromatic heterocycles. The van der Waals surface area contributed by atoms with Gasteiger partial charge in [0.1, 0.15) is 5.82 Å². The SMILES string of the molecule is O=C(CSc1nccn1-c1cccc(C(=O)NCc2cccs2)c1)NCc1ccc(F)cc1. The first kappa shape index (κ1) is 22.8. The van der Waals surface area contributed by atoms with Crippen molar-refractivity contribution in [1.29, 1.82) is 0 Å². The lowest BCUT2D eigenvalue weighted by atomic mass is 10.2. The van der Waals surface area contributed by atoms with E-state index in [4.69, 9.17) is 0 Å². The maximum Gasteiger partial charge on any atom is 0.251 e. The summed E-state index contributed by atoms with van der Waals surface area (Å²) < 4.78 is 14.8. The van der Waals surface area contributed by atoms with Crippen molar-refractivity contribution in [3.63, 3.8) is 0 Å². The molecule has 168 valence electrons. The van der Waals surface area contributed by atoms with E-state index in [0.717, 1.165) is 16.1 Å². The number of benzene rings is 2. The average Bonchev–Trinajstić information content (AvgIpc) is 3.53. The molecule has 0 unspecified atom stereocenters. The van der Waals surface area contributed by atoms with Gasteiger partial charge >= 0.3 is 0 Å². The van der Waals surface area contributed by atoms with E-state index in [-0.39, 0.29) is 23.4 Å². The van der Waals surface area contributed by atoms with Crippen LogP contribution in [0, 0.1) is 5.82 Å². The number of nitrogens with zero attached hydrogens (tertiary/aromatic N) is 2. The van der Waals surface area contributed by atoms with Gasteiger partial charge in [-0.2, -0.15) is 0 Å². The first-order chi connectivity index (χ1) is 16.1. The third-order valence-corrected chi connectivity index (χ3v) is 6.58. The number of amides is 2. The molecule has 33 heavy (non-hydrogen) atoms. The van der Waals surface area contributed by atoms with E-state index in [0.29, 0.717) is 23.8 Å². The van der Waals surface area contributed by atoms with E-state index in [2.05, 4.69) is 15.6 Å². The number of carbonyl (C=O) groups is 2. The Bertz CT molecular complexity index is 1220. The number of imidazole rings is 1. The maximum atomic E-state index is 13.0. The number of thiophene rings is 1. The molecule has 0 aliphatic heterocycles. The van der Waals surface area contributed by atoms with Gasteiger partial charge in [-0.05, 0) is 47.3 Å². The maximum absolute atomic E-state index is 13.0. The van der Waals surface area contributed by atoms with E-state index >= 15 is 0 Å². The van der Waals surface area contributed by atoms with Crippen molar-refractivity contribution >= 4 is 34.9 Å². The zero-order chi connectivity index (χ0) is 23.0. The highest BCUT2D eigenvalue weighted by molar-refractivity contribution is 7.99. The lowest BCUT2D eigenvalue weighted by molar-refractivity contribution is -0.118. The molecule has 0 spiro atoms. The van der Waals surface area contributed by atoms with Crippen LogP contribution in [0.15, 0.2) is 83.6 Å². The summed E-state index contributed by atoms with van der Waals surface area (Å²) in [6, 6.07) is 17.2. The van der Waals surface area contributed by atoms with Gasteiger partial charge in [-0.25, -0.2) is 9.37 Å². The van der Waals surface area contributed by atoms with Crippen LogP contribution in [0.4, 0.5) is 4.39 Å². The van der Waals surface area contributed by atoms with Crippen LogP contribution in [0.5, 0.6) is 0 Å². The van der Waals surface area contributed by atoms with Crippen LogP contribution in [-0.2, 0) is 17.9 Å². The van der Waals surface area contributed by atoms with Gasteiger partial charge in [0.15, 0.2) is 5.16 Å². The van der Waals surface area contributed by atoms with Crippen molar-refractivity contribution in [2.75, 3.05) is 5.75 Å². The Kier molecular flexibility index (Phi) is 7.54. The number of thioether (sulfide) groups is 1. The third-order valence-electron chi connectivity index (χ3n) is 4.73. The number of carbonyl (C=O) groups excluding carboxylic acids is 2. The molecule has 2 N–H and O–H groups in total. The predicted molar refractivity (Wildman–Crippen MR) is 128 cm³/mol. The summed E-state index contributed by atoms with van der Waals surface area (Å²) in [6.07, 6.45) is 3.45. The third kappa shape index (κ3) is 6.30. The molecule has 6 nitrogen and oxygen atoms in total. The highest BCUT2D eigenvalue weighted by Crippen LogP contribution is 2.21.